The molecule has 1 rings (SSSR count). The predicted octanol–water partition coefficient (Wildman–Crippen LogP) is 0.184. The highest BCUT2D eigenvalue weighted by Gasteiger charge is 2.16. The number of carbonyl (C=O) groups excluding carboxylic acids is 1. The molecule has 18 heavy (non-hydrogen) atoms. The highest BCUT2D eigenvalue weighted by atomic mass is 32.2. The van der Waals surface area contributed by atoms with E-state index in [0.29, 0.717) is 0 Å². The number of carbonyl (C=O) groups is 2. The van der Waals surface area contributed by atoms with Crippen molar-refractivity contribution in [3.8, 4) is 0 Å². The van der Waals surface area contributed by atoms with Crippen LogP contribution in [0.1, 0.15) is 17.3 Å². The van der Waals surface area contributed by atoms with Crippen molar-refractivity contribution in [2.75, 3.05) is 6.61 Å². The molecule has 0 aromatic heterocycles. The van der Waals surface area contributed by atoms with Crippen molar-refractivity contribution >= 4 is 21.8 Å². The second kappa shape index (κ2) is 5.71. The topological polar surface area (TPSA) is 110 Å². The Morgan fingerprint density at radius 2 is 2.06 bits per heavy atom. The molecule has 8 heteroatoms. The van der Waals surface area contributed by atoms with Crippen LogP contribution in [0, 0.1) is 0 Å². The first-order chi connectivity index (χ1) is 8.33. The largest absolute Gasteiger partial charge is 0.479 e. The van der Waals surface area contributed by atoms with Crippen molar-refractivity contribution in [2.45, 2.75) is 11.8 Å². The van der Waals surface area contributed by atoms with E-state index in [1.165, 1.54) is 31.2 Å². The number of carboxylic acids is 1. The Labute approximate surface area is 103 Å². The number of aliphatic carboxylic acids is 1. The molecule has 2 N–H and O–H groups in total. The van der Waals surface area contributed by atoms with Crippen LogP contribution in [0.5, 0.6) is 0 Å². The van der Waals surface area contributed by atoms with Crippen LogP contribution in [-0.2, 0) is 19.7 Å². The van der Waals surface area contributed by atoms with Crippen molar-refractivity contribution in [3.63, 3.8) is 0 Å². The highest BCUT2D eigenvalue weighted by molar-refractivity contribution is 7.89. The van der Waals surface area contributed by atoms with Gasteiger partial charge in [0.05, 0.1) is 4.90 Å². The molecule has 0 saturated carbocycles. The first-order valence-electron chi connectivity index (χ1n) is 4.79. The van der Waals surface area contributed by atoms with Gasteiger partial charge in [-0.25, -0.2) is 13.2 Å². The van der Waals surface area contributed by atoms with E-state index < -0.39 is 22.6 Å². The van der Waals surface area contributed by atoms with E-state index in [-0.39, 0.29) is 16.2 Å². The lowest BCUT2D eigenvalue weighted by Gasteiger charge is -2.06. The van der Waals surface area contributed by atoms with Gasteiger partial charge < -0.3 is 5.11 Å². The standard InChI is InChI=1S/C10H11NO6S/c1-7(12)8-3-2-4-9(5-8)18(15,16)11-17-6-10(13)14/h2-5,11H,6H2,1H3,(H,13,14). The molecule has 0 aliphatic rings. The normalized spacial score (nSPS) is 11.2. The number of nitrogens with one attached hydrogen (secondary N) is 1. The fraction of sp³-hybridized carbons (Fsp3) is 0.200. The van der Waals surface area contributed by atoms with Crippen LogP contribution in [0.25, 0.3) is 0 Å². The summed E-state index contributed by atoms with van der Waals surface area (Å²) in [7, 11) is -4.00. The maximum Gasteiger partial charge on any atom is 0.331 e. The van der Waals surface area contributed by atoms with Gasteiger partial charge >= 0.3 is 5.97 Å². The van der Waals surface area contributed by atoms with E-state index in [1.54, 1.807) is 4.89 Å². The summed E-state index contributed by atoms with van der Waals surface area (Å²) in [6.45, 7) is 0.506. The summed E-state index contributed by atoms with van der Waals surface area (Å²) < 4.78 is 23.3. The van der Waals surface area contributed by atoms with Crippen LogP contribution in [-0.4, -0.2) is 31.9 Å². The third kappa shape index (κ3) is 3.91. The van der Waals surface area contributed by atoms with Gasteiger partial charge in [-0.1, -0.05) is 17.0 Å². The molecule has 1 aromatic rings. The van der Waals surface area contributed by atoms with Gasteiger partial charge in [0.25, 0.3) is 10.0 Å². The van der Waals surface area contributed by atoms with E-state index in [9.17, 15) is 18.0 Å². The minimum Gasteiger partial charge on any atom is -0.479 e. The molecule has 0 atom stereocenters. The average Bonchev–Trinajstić information content (AvgIpc) is 2.28. The zero-order valence-corrected chi connectivity index (χ0v) is 10.2. The summed E-state index contributed by atoms with van der Waals surface area (Å²) in [6.07, 6.45) is 0. The number of hydrogen-bond acceptors (Lipinski definition) is 5. The van der Waals surface area contributed by atoms with Gasteiger partial charge in [-0.05, 0) is 19.1 Å². The SMILES string of the molecule is CC(=O)c1cccc(S(=O)(=O)NOCC(=O)O)c1. The summed E-state index contributed by atoms with van der Waals surface area (Å²) in [6, 6.07) is 5.32. The van der Waals surface area contributed by atoms with Crippen LogP contribution in [0.2, 0.25) is 0 Å². The third-order valence-electron chi connectivity index (χ3n) is 1.92. The van der Waals surface area contributed by atoms with Crippen molar-refractivity contribution in [1.82, 2.24) is 4.89 Å². The second-order valence-electron chi connectivity index (χ2n) is 3.35. The van der Waals surface area contributed by atoms with Crippen LogP contribution >= 0.6 is 0 Å². The predicted molar refractivity (Wildman–Crippen MR) is 60.4 cm³/mol. The first kappa shape index (κ1) is 14.3. The Morgan fingerprint density at radius 3 is 2.61 bits per heavy atom. The third-order valence-corrected chi connectivity index (χ3v) is 3.13. The molecule has 0 aliphatic carbocycles. The monoisotopic (exact) mass is 273 g/mol. The minimum atomic E-state index is -4.00. The maximum atomic E-state index is 11.6. The summed E-state index contributed by atoms with van der Waals surface area (Å²) in [5.41, 5.74) is 0.233. The van der Waals surface area contributed by atoms with Gasteiger partial charge in [-0.2, -0.15) is 0 Å². The number of rotatable bonds is 6. The molecule has 0 radical (unpaired) electrons. The molecular weight excluding hydrogens is 262 g/mol. The summed E-state index contributed by atoms with van der Waals surface area (Å²) in [5.74, 6) is -1.59. The summed E-state index contributed by atoms with van der Waals surface area (Å²) >= 11 is 0. The molecule has 0 bridgehead atoms. The van der Waals surface area contributed by atoms with Gasteiger partial charge in [0.1, 0.15) is 0 Å². The molecule has 0 aliphatic heterocycles. The Hall–Kier alpha value is -1.77. The zero-order valence-electron chi connectivity index (χ0n) is 9.41. The highest BCUT2D eigenvalue weighted by Crippen LogP contribution is 2.11. The zero-order chi connectivity index (χ0) is 13.8. The fourth-order valence-corrected chi connectivity index (χ4v) is 1.95. The molecule has 0 saturated heterocycles. The molecular formula is C10H11NO6S. The van der Waals surface area contributed by atoms with Crippen LogP contribution in [0.3, 0.4) is 0 Å². The average molecular weight is 273 g/mol. The van der Waals surface area contributed by atoms with Gasteiger partial charge in [-0.3, -0.25) is 9.63 Å². The quantitative estimate of drug-likeness (QED) is 0.565. The van der Waals surface area contributed by atoms with E-state index in [2.05, 4.69) is 4.84 Å². The van der Waals surface area contributed by atoms with Crippen LogP contribution in [0.4, 0.5) is 0 Å². The Kier molecular flexibility index (Phi) is 4.54. The number of hydrogen-bond donors (Lipinski definition) is 2. The Balaban J connectivity index is 2.88. The summed E-state index contributed by atoms with van der Waals surface area (Å²) in [5, 5.41) is 8.29. The molecule has 0 spiro atoms. The van der Waals surface area contributed by atoms with Gasteiger partial charge in [0.15, 0.2) is 12.4 Å². The lowest BCUT2D eigenvalue weighted by atomic mass is 10.2. The van der Waals surface area contributed by atoms with E-state index >= 15 is 0 Å². The van der Waals surface area contributed by atoms with Crippen molar-refractivity contribution < 1.29 is 28.0 Å². The Bertz CT molecular complexity index is 565. The number of sulfonamides is 1. The second-order valence-corrected chi connectivity index (χ2v) is 5.00. The van der Waals surface area contributed by atoms with E-state index in [0.717, 1.165) is 0 Å². The molecule has 0 fully saturated rings. The fourth-order valence-electron chi connectivity index (χ4n) is 1.10. The van der Waals surface area contributed by atoms with Gasteiger partial charge in [0.2, 0.25) is 0 Å². The van der Waals surface area contributed by atoms with Crippen LogP contribution in [0.15, 0.2) is 29.2 Å². The molecule has 0 unspecified atom stereocenters. The number of carboxylic acid groups (broad SMARTS) is 1. The van der Waals surface area contributed by atoms with Gasteiger partial charge in [0, 0.05) is 5.56 Å². The minimum absolute atomic E-state index is 0.180. The molecule has 98 valence electrons. The lowest BCUT2D eigenvalue weighted by Crippen LogP contribution is -2.27. The van der Waals surface area contributed by atoms with Crippen molar-refractivity contribution in [3.05, 3.63) is 29.8 Å². The molecule has 7 nitrogen and oxygen atoms in total. The molecule has 0 heterocycles. The molecule has 1 aromatic carbocycles. The molecule has 0 amide bonds. The van der Waals surface area contributed by atoms with Crippen LogP contribution < -0.4 is 4.89 Å². The van der Waals surface area contributed by atoms with Crippen molar-refractivity contribution in [2.24, 2.45) is 0 Å². The van der Waals surface area contributed by atoms with E-state index in [1.807, 2.05) is 0 Å². The number of ketones is 1. The van der Waals surface area contributed by atoms with E-state index in [4.69, 9.17) is 5.11 Å². The smallest absolute Gasteiger partial charge is 0.331 e. The van der Waals surface area contributed by atoms with Crippen molar-refractivity contribution in [1.29, 1.82) is 0 Å². The Morgan fingerprint density at radius 1 is 1.39 bits per heavy atom. The summed E-state index contributed by atoms with van der Waals surface area (Å²) in [4.78, 5) is 27.0. The lowest BCUT2D eigenvalue weighted by molar-refractivity contribution is -0.143. The first-order valence-corrected chi connectivity index (χ1v) is 6.27. The van der Waals surface area contributed by atoms with Gasteiger partial charge in [-0.15, -0.1) is 0 Å². The maximum absolute atomic E-state index is 11.6. The number of benzene rings is 1. The number of Topliss-reactive ketones (excluding diaryl/α,β-unsaturated/α-hetero) is 1.